The Hall–Kier alpha value is -2.90. The molecule has 7 heteroatoms. The zero-order valence-electron chi connectivity index (χ0n) is 15.6. The molecule has 2 aromatic carbocycles. The van der Waals surface area contributed by atoms with Gasteiger partial charge in [0, 0.05) is 12.6 Å². The molecule has 0 bridgehead atoms. The predicted molar refractivity (Wildman–Crippen MR) is 109 cm³/mol. The van der Waals surface area contributed by atoms with Crippen LogP contribution in [0.5, 0.6) is 11.5 Å². The number of fused-ring (bicyclic) bond motifs is 1. The maximum absolute atomic E-state index is 13.0. The molecule has 2 heterocycles. The van der Waals surface area contributed by atoms with Crippen molar-refractivity contribution in [2.45, 2.75) is 30.8 Å². The lowest BCUT2D eigenvalue weighted by Crippen LogP contribution is -2.27. The smallest absolute Gasteiger partial charge is 0.236 e. The lowest BCUT2D eigenvalue weighted by atomic mass is 9.94. The van der Waals surface area contributed by atoms with Gasteiger partial charge in [-0.05, 0) is 36.1 Å². The molecule has 29 heavy (non-hydrogen) atoms. The molecule has 148 valence electrons. The fourth-order valence-electron chi connectivity index (χ4n) is 3.62. The minimum absolute atomic E-state index is 0.0742. The maximum Gasteiger partial charge on any atom is 0.236 e. The average Bonchev–Trinajstić information content (AvgIpc) is 3.19. The normalized spacial score (nSPS) is 17.0. The first kappa shape index (κ1) is 18.1. The van der Waals surface area contributed by atoms with Gasteiger partial charge in [0.1, 0.15) is 0 Å². The summed E-state index contributed by atoms with van der Waals surface area (Å²) in [6.45, 7) is 0.213. The second-order valence-electron chi connectivity index (χ2n) is 7.38. The van der Waals surface area contributed by atoms with Crippen LogP contribution in [0.25, 0.3) is 0 Å². The van der Waals surface area contributed by atoms with Crippen molar-refractivity contribution in [3.63, 3.8) is 0 Å². The summed E-state index contributed by atoms with van der Waals surface area (Å²) in [6, 6.07) is 15.5. The van der Waals surface area contributed by atoms with E-state index in [9.17, 15) is 9.90 Å². The average molecular weight is 408 g/mol. The quantitative estimate of drug-likeness (QED) is 0.648. The Balaban J connectivity index is 1.28. The third-order valence-corrected chi connectivity index (χ3v) is 6.47. The first-order valence-electron chi connectivity index (χ1n) is 9.53. The second kappa shape index (κ2) is 7.17. The van der Waals surface area contributed by atoms with E-state index < -0.39 is 11.5 Å². The lowest BCUT2D eigenvalue weighted by molar-refractivity contribution is -0.118. The molecule has 6 nitrogen and oxygen atoms in total. The Labute approximate surface area is 172 Å². The third kappa shape index (κ3) is 3.47. The highest BCUT2D eigenvalue weighted by molar-refractivity contribution is 7.15. The first-order valence-corrected chi connectivity index (χ1v) is 10.3. The number of aliphatic hydroxyl groups excluding tert-OH is 1. The molecule has 1 fully saturated rings. The van der Waals surface area contributed by atoms with Crippen molar-refractivity contribution in [3.8, 4) is 11.5 Å². The molecule has 1 aromatic heterocycles. The zero-order valence-corrected chi connectivity index (χ0v) is 16.4. The van der Waals surface area contributed by atoms with Gasteiger partial charge in [0.2, 0.25) is 12.7 Å². The minimum atomic E-state index is -0.649. The SMILES string of the molecule is O=C(Nc1ncc(C(O)Cc2ccccc2)s1)C1(c2ccc3c(c2)OCO3)CC1. The topological polar surface area (TPSA) is 80.7 Å². The summed E-state index contributed by atoms with van der Waals surface area (Å²) in [7, 11) is 0. The first-order chi connectivity index (χ1) is 14.1. The number of amides is 1. The van der Waals surface area contributed by atoms with Gasteiger partial charge in [-0.1, -0.05) is 47.7 Å². The van der Waals surface area contributed by atoms with E-state index in [0.29, 0.717) is 23.1 Å². The molecule has 0 spiro atoms. The summed E-state index contributed by atoms with van der Waals surface area (Å²) in [5, 5.41) is 13.9. The molecular weight excluding hydrogens is 388 g/mol. The second-order valence-corrected chi connectivity index (χ2v) is 8.44. The van der Waals surface area contributed by atoms with E-state index in [0.717, 1.165) is 28.8 Å². The maximum atomic E-state index is 13.0. The van der Waals surface area contributed by atoms with Gasteiger partial charge < -0.3 is 19.9 Å². The van der Waals surface area contributed by atoms with E-state index in [-0.39, 0.29) is 12.7 Å². The van der Waals surface area contributed by atoms with Gasteiger partial charge in [-0.3, -0.25) is 4.79 Å². The van der Waals surface area contributed by atoms with Gasteiger partial charge >= 0.3 is 0 Å². The van der Waals surface area contributed by atoms with Crippen molar-refractivity contribution in [3.05, 3.63) is 70.7 Å². The highest BCUT2D eigenvalue weighted by Gasteiger charge is 2.52. The van der Waals surface area contributed by atoms with Crippen LogP contribution in [0.2, 0.25) is 0 Å². The molecule has 1 aliphatic heterocycles. The number of rotatable bonds is 6. The number of aromatic nitrogens is 1. The summed E-state index contributed by atoms with van der Waals surface area (Å²) in [4.78, 5) is 18.0. The van der Waals surface area contributed by atoms with Crippen LogP contribution in [0.1, 0.15) is 34.9 Å². The summed E-state index contributed by atoms with van der Waals surface area (Å²) >= 11 is 1.31. The fourth-order valence-corrected chi connectivity index (χ4v) is 4.42. The van der Waals surface area contributed by atoms with E-state index in [4.69, 9.17) is 9.47 Å². The van der Waals surface area contributed by atoms with Crippen molar-refractivity contribution in [1.29, 1.82) is 0 Å². The Morgan fingerprint density at radius 3 is 2.76 bits per heavy atom. The number of carbonyl (C=O) groups excluding carboxylic acids is 1. The molecule has 0 saturated heterocycles. The Bertz CT molecular complexity index is 1050. The van der Waals surface area contributed by atoms with E-state index >= 15 is 0 Å². The van der Waals surface area contributed by atoms with Crippen LogP contribution in [0.15, 0.2) is 54.7 Å². The van der Waals surface area contributed by atoms with Crippen LogP contribution in [-0.2, 0) is 16.6 Å². The lowest BCUT2D eigenvalue weighted by Gasteiger charge is -2.15. The van der Waals surface area contributed by atoms with Gasteiger partial charge in [0.15, 0.2) is 16.6 Å². The number of nitrogens with zero attached hydrogens (tertiary/aromatic N) is 1. The molecule has 1 aliphatic carbocycles. The van der Waals surface area contributed by atoms with E-state index in [1.807, 2.05) is 48.5 Å². The minimum Gasteiger partial charge on any atom is -0.454 e. The summed E-state index contributed by atoms with van der Waals surface area (Å²) < 4.78 is 10.8. The van der Waals surface area contributed by atoms with Gasteiger partial charge in [0.05, 0.1) is 16.4 Å². The monoisotopic (exact) mass is 408 g/mol. The Kier molecular flexibility index (Phi) is 4.49. The third-order valence-electron chi connectivity index (χ3n) is 5.45. The van der Waals surface area contributed by atoms with Gasteiger partial charge in [-0.2, -0.15) is 0 Å². The van der Waals surface area contributed by atoms with Crippen LogP contribution in [0.4, 0.5) is 5.13 Å². The number of thiazole rings is 1. The van der Waals surface area contributed by atoms with Crippen molar-refractivity contribution < 1.29 is 19.4 Å². The number of anilines is 1. The molecule has 0 radical (unpaired) electrons. The number of carbonyl (C=O) groups is 1. The predicted octanol–water partition coefficient (Wildman–Crippen LogP) is 3.82. The Morgan fingerprint density at radius 1 is 1.17 bits per heavy atom. The fraction of sp³-hybridized carbons (Fsp3) is 0.273. The van der Waals surface area contributed by atoms with E-state index in [1.54, 1.807) is 6.20 Å². The molecule has 1 unspecified atom stereocenters. The zero-order chi connectivity index (χ0) is 19.8. The van der Waals surface area contributed by atoms with Gasteiger partial charge in [-0.25, -0.2) is 4.98 Å². The number of hydrogen-bond acceptors (Lipinski definition) is 6. The Morgan fingerprint density at radius 2 is 1.97 bits per heavy atom. The number of benzene rings is 2. The van der Waals surface area contributed by atoms with Crippen LogP contribution in [0, 0.1) is 0 Å². The molecule has 5 rings (SSSR count). The van der Waals surface area contributed by atoms with Crippen LogP contribution in [-0.4, -0.2) is 22.8 Å². The van der Waals surface area contributed by atoms with Crippen molar-refractivity contribution >= 4 is 22.4 Å². The largest absolute Gasteiger partial charge is 0.454 e. The highest BCUT2D eigenvalue weighted by Crippen LogP contribution is 2.51. The molecule has 3 aromatic rings. The molecule has 1 amide bonds. The van der Waals surface area contributed by atoms with Crippen LogP contribution >= 0.6 is 11.3 Å². The molecular formula is C22H20N2O4S. The van der Waals surface area contributed by atoms with Crippen LogP contribution in [0.3, 0.4) is 0 Å². The molecule has 2 N–H and O–H groups in total. The van der Waals surface area contributed by atoms with E-state index in [1.165, 1.54) is 11.3 Å². The van der Waals surface area contributed by atoms with Crippen molar-refractivity contribution in [2.75, 3.05) is 12.1 Å². The number of hydrogen-bond donors (Lipinski definition) is 2. The van der Waals surface area contributed by atoms with E-state index in [2.05, 4.69) is 10.3 Å². The van der Waals surface area contributed by atoms with Crippen molar-refractivity contribution in [1.82, 2.24) is 4.98 Å². The molecule has 1 atom stereocenters. The summed E-state index contributed by atoms with van der Waals surface area (Å²) in [6.07, 6.45) is 3.07. The molecule has 1 saturated carbocycles. The summed E-state index contributed by atoms with van der Waals surface area (Å²) in [5.74, 6) is 1.32. The van der Waals surface area contributed by atoms with Crippen molar-refractivity contribution in [2.24, 2.45) is 0 Å². The number of aliphatic hydroxyl groups is 1. The summed E-state index contributed by atoms with van der Waals surface area (Å²) in [5.41, 5.74) is 1.44. The highest BCUT2D eigenvalue weighted by atomic mass is 32.1. The molecule has 2 aliphatic rings. The number of ether oxygens (including phenoxy) is 2. The van der Waals surface area contributed by atoms with Crippen LogP contribution < -0.4 is 14.8 Å². The van der Waals surface area contributed by atoms with Gasteiger partial charge in [-0.15, -0.1) is 0 Å². The standard InChI is InChI=1S/C22H20N2O4S/c25-16(10-14-4-2-1-3-5-14)19-12-23-21(29-19)24-20(26)22(8-9-22)15-6-7-17-18(11-15)28-13-27-17/h1-7,11-12,16,25H,8-10,13H2,(H,23,24,26). The van der Waals surface area contributed by atoms with Gasteiger partial charge in [0.25, 0.3) is 0 Å². The number of nitrogens with one attached hydrogen (secondary N) is 1.